The van der Waals surface area contributed by atoms with Gasteiger partial charge in [0.15, 0.2) is 0 Å². The van der Waals surface area contributed by atoms with E-state index in [1.807, 2.05) is 0 Å². The molecule has 3 aromatic rings. The van der Waals surface area contributed by atoms with Crippen LogP contribution in [0.2, 0.25) is 0 Å². The van der Waals surface area contributed by atoms with Crippen molar-refractivity contribution in [3.63, 3.8) is 0 Å². The molecule has 1 N–H and O–H groups in total. The van der Waals surface area contributed by atoms with Crippen molar-refractivity contribution in [2.75, 3.05) is 4.72 Å². The number of rotatable bonds is 5. The van der Waals surface area contributed by atoms with Crippen LogP contribution >= 0.6 is 15.9 Å². The molecule has 0 unspecified atom stereocenters. The fourth-order valence-electron chi connectivity index (χ4n) is 3.11. The number of sulfonamides is 1. The lowest BCUT2D eigenvalue weighted by Gasteiger charge is -2.14. The van der Waals surface area contributed by atoms with Crippen LogP contribution in [0, 0.1) is 13.8 Å². The van der Waals surface area contributed by atoms with Crippen molar-refractivity contribution in [2.45, 2.75) is 37.5 Å². The smallest absolute Gasteiger partial charge is 0.263 e. The normalized spacial score (nSPS) is 14.3. The maximum absolute atomic E-state index is 13.1. The number of hydrogen-bond acceptors (Lipinski definition) is 5. The molecule has 0 atom stereocenters. The summed E-state index contributed by atoms with van der Waals surface area (Å²) in [4.78, 5) is 8.67. The first-order chi connectivity index (χ1) is 12.8. The molecule has 0 spiro atoms. The lowest BCUT2D eigenvalue weighted by molar-refractivity contribution is 0.599. The number of nitrogens with one attached hydrogen (secondary N) is 1. The average molecular weight is 448 g/mol. The van der Waals surface area contributed by atoms with Gasteiger partial charge in [-0.2, -0.15) is 9.78 Å². The van der Waals surface area contributed by atoms with Crippen LogP contribution in [0.4, 0.5) is 5.82 Å². The number of aromatic nitrogens is 4. The molecule has 4 rings (SSSR count). The quantitative estimate of drug-likeness (QED) is 0.643. The number of halogens is 1. The summed E-state index contributed by atoms with van der Waals surface area (Å²) >= 11 is 3.40. The molecule has 0 radical (unpaired) electrons. The molecule has 1 aromatic carbocycles. The van der Waals surface area contributed by atoms with Crippen molar-refractivity contribution in [1.29, 1.82) is 0 Å². The van der Waals surface area contributed by atoms with Crippen LogP contribution in [0.3, 0.4) is 0 Å². The summed E-state index contributed by atoms with van der Waals surface area (Å²) < 4.78 is 31.2. The Morgan fingerprint density at radius 1 is 1.11 bits per heavy atom. The van der Waals surface area contributed by atoms with Gasteiger partial charge in [-0.1, -0.05) is 15.9 Å². The van der Waals surface area contributed by atoms with Crippen molar-refractivity contribution >= 4 is 31.8 Å². The summed E-state index contributed by atoms with van der Waals surface area (Å²) in [5, 5.41) is 4.54. The molecule has 2 heterocycles. The third-order valence-corrected chi connectivity index (χ3v) is 6.52. The molecular weight excluding hydrogens is 430 g/mol. The van der Waals surface area contributed by atoms with Crippen molar-refractivity contribution in [1.82, 2.24) is 19.7 Å². The van der Waals surface area contributed by atoms with Crippen LogP contribution in [0.25, 0.3) is 5.95 Å². The summed E-state index contributed by atoms with van der Waals surface area (Å²) in [7, 11) is -3.80. The Bertz CT molecular complexity index is 1090. The zero-order valence-corrected chi connectivity index (χ0v) is 17.2. The summed E-state index contributed by atoms with van der Waals surface area (Å²) in [6.45, 7) is 3.55. The van der Waals surface area contributed by atoms with E-state index in [4.69, 9.17) is 0 Å². The fraction of sp³-hybridized carbons (Fsp3) is 0.278. The van der Waals surface area contributed by atoms with Gasteiger partial charge >= 0.3 is 0 Å². The molecule has 27 heavy (non-hydrogen) atoms. The number of benzene rings is 1. The van der Waals surface area contributed by atoms with Gasteiger partial charge in [-0.05, 0) is 56.0 Å². The van der Waals surface area contributed by atoms with Gasteiger partial charge in [-0.15, -0.1) is 0 Å². The SMILES string of the molecule is Cc1cc(Br)cc(C)c1S(=O)(=O)Nc1cc(C2CC2)nn1-c1ncccn1. The fourth-order valence-corrected chi connectivity index (χ4v) is 5.29. The van der Waals surface area contributed by atoms with Crippen molar-refractivity contribution in [3.05, 3.63) is 58.0 Å². The lowest BCUT2D eigenvalue weighted by atomic mass is 10.2. The highest BCUT2D eigenvalue weighted by molar-refractivity contribution is 9.10. The van der Waals surface area contributed by atoms with Crippen LogP contribution in [-0.2, 0) is 10.0 Å². The molecule has 140 valence electrons. The highest BCUT2D eigenvalue weighted by Gasteiger charge is 2.30. The standard InChI is InChI=1S/C18H18BrN5O2S/c1-11-8-14(19)9-12(2)17(11)27(25,26)23-16-10-15(13-4-5-13)22-24(16)18-20-6-3-7-21-18/h3,6-10,13,23H,4-5H2,1-2H3. The van der Waals surface area contributed by atoms with Gasteiger partial charge in [0.2, 0.25) is 0 Å². The Morgan fingerprint density at radius 3 is 2.33 bits per heavy atom. The second kappa shape index (κ2) is 6.72. The Labute approximate surface area is 166 Å². The van der Waals surface area contributed by atoms with Gasteiger partial charge in [0, 0.05) is 28.9 Å². The van der Waals surface area contributed by atoms with E-state index in [1.165, 1.54) is 4.68 Å². The first kappa shape index (κ1) is 18.1. The number of hydrogen-bond donors (Lipinski definition) is 1. The maximum atomic E-state index is 13.1. The minimum absolute atomic E-state index is 0.264. The topological polar surface area (TPSA) is 89.8 Å². The van der Waals surface area contributed by atoms with Gasteiger partial charge in [0.1, 0.15) is 5.82 Å². The molecule has 0 amide bonds. The summed E-state index contributed by atoms with van der Waals surface area (Å²) in [5.41, 5.74) is 2.18. The molecule has 0 bridgehead atoms. The summed E-state index contributed by atoms with van der Waals surface area (Å²) in [6.07, 6.45) is 5.32. The largest absolute Gasteiger partial charge is 0.263 e. The van der Waals surface area contributed by atoms with Gasteiger partial charge in [0.25, 0.3) is 16.0 Å². The van der Waals surface area contributed by atoms with Gasteiger partial charge < -0.3 is 0 Å². The molecule has 1 aliphatic carbocycles. The number of aryl methyl sites for hydroxylation is 2. The minimum Gasteiger partial charge on any atom is -0.263 e. The van der Waals surface area contributed by atoms with Crippen LogP contribution in [0.15, 0.2) is 46.0 Å². The van der Waals surface area contributed by atoms with E-state index in [1.54, 1.807) is 50.5 Å². The van der Waals surface area contributed by atoms with Gasteiger partial charge in [0.05, 0.1) is 10.6 Å². The Balaban J connectivity index is 1.78. The van der Waals surface area contributed by atoms with Crippen molar-refractivity contribution in [3.8, 4) is 5.95 Å². The third-order valence-electron chi connectivity index (χ3n) is 4.40. The highest BCUT2D eigenvalue weighted by Crippen LogP contribution is 2.40. The lowest BCUT2D eigenvalue weighted by Crippen LogP contribution is -2.18. The van der Waals surface area contributed by atoms with E-state index < -0.39 is 10.0 Å². The third kappa shape index (κ3) is 3.61. The van der Waals surface area contributed by atoms with Crippen molar-refractivity contribution in [2.24, 2.45) is 0 Å². The minimum atomic E-state index is -3.80. The molecule has 7 nitrogen and oxygen atoms in total. The molecule has 1 aliphatic rings. The van der Waals surface area contributed by atoms with E-state index in [-0.39, 0.29) is 4.90 Å². The predicted molar refractivity (Wildman–Crippen MR) is 106 cm³/mol. The van der Waals surface area contributed by atoms with E-state index in [0.29, 0.717) is 28.8 Å². The molecule has 0 saturated heterocycles. The summed E-state index contributed by atoms with van der Waals surface area (Å²) in [6, 6.07) is 7.05. The zero-order chi connectivity index (χ0) is 19.2. The molecule has 1 fully saturated rings. The van der Waals surface area contributed by atoms with E-state index in [9.17, 15) is 8.42 Å². The Morgan fingerprint density at radius 2 is 1.74 bits per heavy atom. The maximum Gasteiger partial charge on any atom is 0.263 e. The molecule has 1 saturated carbocycles. The second-order valence-electron chi connectivity index (χ2n) is 6.66. The summed E-state index contributed by atoms with van der Waals surface area (Å²) in [5.74, 6) is 1.03. The van der Waals surface area contributed by atoms with Crippen LogP contribution in [0.1, 0.15) is 35.6 Å². The molecule has 2 aromatic heterocycles. The van der Waals surface area contributed by atoms with Crippen molar-refractivity contribution < 1.29 is 8.42 Å². The molecule has 0 aliphatic heterocycles. The van der Waals surface area contributed by atoms with Crippen LogP contribution in [0.5, 0.6) is 0 Å². The highest BCUT2D eigenvalue weighted by atomic mass is 79.9. The van der Waals surface area contributed by atoms with Crippen LogP contribution in [-0.4, -0.2) is 28.2 Å². The first-order valence-electron chi connectivity index (χ1n) is 8.52. The Hall–Kier alpha value is -2.26. The monoisotopic (exact) mass is 447 g/mol. The second-order valence-corrected chi connectivity index (χ2v) is 9.20. The zero-order valence-electron chi connectivity index (χ0n) is 14.8. The van der Waals surface area contributed by atoms with Gasteiger partial charge in [-0.3, -0.25) is 4.72 Å². The van der Waals surface area contributed by atoms with Crippen LogP contribution < -0.4 is 4.72 Å². The predicted octanol–water partition coefficient (Wildman–Crippen LogP) is 3.72. The Kier molecular flexibility index (Phi) is 4.51. The molecule has 9 heteroatoms. The average Bonchev–Trinajstić information content (AvgIpc) is 3.36. The number of nitrogens with zero attached hydrogens (tertiary/aromatic N) is 4. The van der Waals surface area contributed by atoms with E-state index in [2.05, 4.69) is 35.7 Å². The first-order valence-corrected chi connectivity index (χ1v) is 10.8. The van der Waals surface area contributed by atoms with Gasteiger partial charge in [-0.25, -0.2) is 18.4 Å². The number of anilines is 1. The van der Waals surface area contributed by atoms with E-state index >= 15 is 0 Å². The van der Waals surface area contributed by atoms with E-state index in [0.717, 1.165) is 23.0 Å². The molecular formula is C18H18BrN5O2S.